The second-order valence-corrected chi connectivity index (χ2v) is 43.3. The average molecular weight is 2030 g/mol. The van der Waals surface area contributed by atoms with Crippen LogP contribution in [0.25, 0.3) is 0 Å². The standard InChI is InChI=1S/C27H36N6O2S.C27H35N5.C24H29BrN6O2S.C24H28BrN5O3S/c1-5-22-19-28-27(29-23-9-11-24(12-10-23)33-15-13-32(4)14-16-33)30-26(22)18-21-7-6-8-25(17-21)36(34,35)31-20(2)3;1-20-19-28-26(30-25(20)18-21-7-6-8-22(17-21)27(2,3)4)29-23-9-11-24(12-10-23)32-15-13-31(5)14-16-32;1-17(2)29-34(32,33)21-5-3-4-18(14-21)15-23-22(25)16-27-24(28-23)31-12-10-30(11-13-31)20-8-6-19(26)7-9-20;1-17(2)29-34(31,32)21-5-3-4-18(14-21)15-23-22(25)16-26-24(28-23)27-19-6-8-20(9-7-19)30-10-12-33-13-11-30/h6-12,17,19-20,31H,5,13-16,18H2,1-4H3,(H,28,29,30);6-12,17,19H,13-16,18H2,1-5H3,(H,28,29,30);3-9,14,16-17,29H,10-13,15,26H2,1-2H3;3-9,14,16-17,29H,10-13,15H2,1-2H3,(H,26,27,28). The highest BCUT2D eigenvalue weighted by Crippen LogP contribution is 2.32. The molecule has 0 bridgehead atoms. The fourth-order valence-corrected chi connectivity index (χ4v) is 20.5. The average Bonchev–Trinajstić information content (AvgIpc) is 0.811. The third-order valence-corrected chi connectivity index (χ3v) is 29.7. The van der Waals surface area contributed by atoms with Gasteiger partial charge in [-0.15, -0.1) is 0 Å². The van der Waals surface area contributed by atoms with Gasteiger partial charge in [0.25, 0.3) is 0 Å². The number of ether oxygens (including phenoxy) is 1. The van der Waals surface area contributed by atoms with Gasteiger partial charge in [0.05, 0.1) is 59.6 Å². The maximum Gasteiger partial charge on any atom is 0.240 e. The van der Waals surface area contributed by atoms with E-state index < -0.39 is 30.1 Å². The molecule has 0 unspecified atom stereocenters. The van der Waals surface area contributed by atoms with Crippen LogP contribution in [0.2, 0.25) is 0 Å². The molecule has 4 aliphatic heterocycles. The first-order chi connectivity index (χ1) is 65.0. The monoisotopic (exact) mass is 2030 g/mol. The maximum absolute atomic E-state index is 12.6. The first kappa shape index (κ1) is 102. The first-order valence-electron chi connectivity index (χ1n) is 46.3. The van der Waals surface area contributed by atoms with Gasteiger partial charge in [-0.05, 0) is 279 Å². The van der Waals surface area contributed by atoms with E-state index in [1.807, 2.05) is 80.8 Å². The van der Waals surface area contributed by atoms with Crippen LogP contribution < -0.4 is 60.3 Å². The predicted octanol–water partition coefficient (Wildman–Crippen LogP) is 16.5. The number of sulfonamides is 3. The number of nitrogen functional groups attached to an aromatic ring is 1. The van der Waals surface area contributed by atoms with Crippen LogP contribution in [0.1, 0.15) is 131 Å². The molecule has 29 nitrogen and oxygen atoms in total. The Kier molecular flexibility index (Phi) is 35.5. The van der Waals surface area contributed by atoms with E-state index in [0.29, 0.717) is 43.1 Å². The molecule has 0 aliphatic carbocycles. The number of aromatic nitrogens is 8. The summed E-state index contributed by atoms with van der Waals surface area (Å²) in [5.41, 5.74) is 25.2. The molecule has 0 atom stereocenters. The minimum atomic E-state index is -3.56. The summed E-state index contributed by atoms with van der Waals surface area (Å²) in [4.78, 5) is 54.1. The third-order valence-electron chi connectivity index (χ3n) is 23.4. The van der Waals surface area contributed by atoms with Crippen LogP contribution in [0.4, 0.5) is 69.3 Å². The van der Waals surface area contributed by atoms with Crippen molar-refractivity contribution in [1.29, 1.82) is 0 Å². The van der Waals surface area contributed by atoms with Gasteiger partial charge in [-0.2, -0.15) is 0 Å². The number of nitrogens with zero attached hydrogens (tertiary/aromatic N) is 15. The van der Waals surface area contributed by atoms with E-state index in [0.717, 1.165) is 211 Å². The summed E-state index contributed by atoms with van der Waals surface area (Å²) in [5.74, 6) is 2.33. The van der Waals surface area contributed by atoms with Gasteiger partial charge in [0.15, 0.2) is 0 Å². The number of nitrogens with one attached hydrogen (secondary N) is 6. The second kappa shape index (κ2) is 47.3. The molecule has 0 amide bonds. The number of rotatable bonds is 29. The molecule has 136 heavy (non-hydrogen) atoms. The fourth-order valence-electron chi connectivity index (χ4n) is 15.9. The number of nitrogens with two attached hydrogens (primary N) is 1. The number of benzene rings is 8. The van der Waals surface area contributed by atoms with Crippen LogP contribution in [0, 0.1) is 6.92 Å². The van der Waals surface area contributed by atoms with Gasteiger partial charge in [0.2, 0.25) is 53.9 Å². The van der Waals surface area contributed by atoms with Crippen LogP contribution in [0.3, 0.4) is 0 Å². The zero-order valence-electron chi connectivity index (χ0n) is 80.0. The molecular formula is C102H128Br2N22O7S3. The molecule has 16 rings (SSSR count). The fraction of sp³-hybridized carbons (Fsp3) is 0.373. The molecule has 8 aromatic carbocycles. The SMILES string of the molecule is CC(C)NS(=O)(=O)c1cccc(Cc2nc(N3CCN(c4ccc(N)cc4)CC3)ncc2Br)c1.CC(C)NS(=O)(=O)c1cccc(Cc2nc(Nc3ccc(N4CCOCC4)cc3)ncc2Br)c1.CCc1cnc(Nc2ccc(N3CCN(C)CC3)cc2)nc1Cc1cccc(S(=O)(=O)NC(C)C)c1.Cc1cnc(Nc2ccc(N3CCN(C)CC3)cc2)nc1Cc1cccc(C(C)(C)C)c1. The minimum Gasteiger partial charge on any atom is -0.399 e. The molecule has 4 saturated heterocycles. The normalized spacial score (nSPS) is 14.7. The highest BCUT2D eigenvalue weighted by atomic mass is 79.9. The number of halogens is 2. The summed E-state index contributed by atoms with van der Waals surface area (Å²) in [6.45, 7) is 36.9. The molecule has 8 N–H and O–H groups in total. The quantitative estimate of drug-likeness (QED) is 0.0214. The zero-order valence-corrected chi connectivity index (χ0v) is 85.6. The number of hydrogen-bond acceptors (Lipinski definition) is 26. The number of aryl methyl sites for hydroxylation is 2. The van der Waals surface area contributed by atoms with Crippen molar-refractivity contribution < 1.29 is 30.0 Å². The number of anilines is 12. The molecule has 0 saturated carbocycles. The number of piperazine rings is 3. The molecule has 8 heterocycles. The van der Waals surface area contributed by atoms with Crippen molar-refractivity contribution in [3.63, 3.8) is 0 Å². The van der Waals surface area contributed by atoms with Crippen molar-refractivity contribution >= 4 is 131 Å². The molecule has 4 aromatic heterocycles. The predicted molar refractivity (Wildman–Crippen MR) is 557 cm³/mol. The molecule has 4 fully saturated rings. The molecule has 34 heteroatoms. The van der Waals surface area contributed by atoms with Crippen molar-refractivity contribution in [1.82, 2.24) is 63.8 Å². The van der Waals surface area contributed by atoms with Gasteiger partial charge in [-0.3, -0.25) is 0 Å². The smallest absolute Gasteiger partial charge is 0.240 e. The van der Waals surface area contributed by atoms with Gasteiger partial charge in [0, 0.05) is 206 Å². The van der Waals surface area contributed by atoms with E-state index in [-0.39, 0.29) is 38.2 Å². The Morgan fingerprint density at radius 2 is 0.721 bits per heavy atom. The van der Waals surface area contributed by atoms with Crippen LogP contribution >= 0.6 is 31.9 Å². The topological polar surface area (TPSA) is 336 Å². The first-order valence-corrected chi connectivity index (χ1v) is 52.4. The molecule has 4 aliphatic rings. The Labute approximate surface area is 820 Å². The van der Waals surface area contributed by atoms with Crippen molar-refractivity contribution in [2.24, 2.45) is 0 Å². The van der Waals surface area contributed by atoms with Crippen LogP contribution in [-0.4, -0.2) is 212 Å². The van der Waals surface area contributed by atoms with Crippen LogP contribution in [-0.2, 0) is 72.3 Å². The van der Waals surface area contributed by atoms with Crippen LogP contribution in [0.15, 0.2) is 243 Å². The van der Waals surface area contributed by atoms with Crippen molar-refractivity contribution in [2.45, 2.75) is 146 Å². The number of morpholine rings is 1. The second-order valence-electron chi connectivity index (χ2n) is 36.5. The van der Waals surface area contributed by atoms with Gasteiger partial charge >= 0.3 is 0 Å². The lowest BCUT2D eigenvalue weighted by molar-refractivity contribution is 0.122. The molecule has 12 aromatic rings. The summed E-state index contributed by atoms with van der Waals surface area (Å²) in [6.07, 6.45) is 10.3. The maximum atomic E-state index is 12.6. The van der Waals surface area contributed by atoms with Gasteiger partial charge in [-0.1, -0.05) is 88.4 Å². The third kappa shape index (κ3) is 29.7. The van der Waals surface area contributed by atoms with Crippen molar-refractivity contribution in [2.75, 3.05) is 165 Å². The highest BCUT2D eigenvalue weighted by molar-refractivity contribution is 9.10. The summed E-state index contributed by atoms with van der Waals surface area (Å²) in [5, 5.41) is 9.95. The lowest BCUT2D eigenvalue weighted by atomic mass is 9.86. The molecule has 720 valence electrons. The van der Waals surface area contributed by atoms with Gasteiger partial charge in [-0.25, -0.2) is 79.3 Å². The Bertz CT molecular complexity index is 6320. The number of likely N-dealkylation sites (N-methyl/N-ethyl adjacent to an activating group) is 2. The van der Waals surface area contributed by atoms with E-state index in [2.05, 4.69) is 255 Å². The Balaban J connectivity index is 0.000000154. The Morgan fingerprint density at radius 3 is 1.13 bits per heavy atom. The van der Waals surface area contributed by atoms with Crippen LogP contribution in [0.5, 0.6) is 0 Å². The largest absolute Gasteiger partial charge is 0.399 e. The van der Waals surface area contributed by atoms with Crippen molar-refractivity contribution in [3.8, 4) is 0 Å². The van der Waals surface area contributed by atoms with E-state index in [9.17, 15) is 25.3 Å². The molecule has 0 radical (unpaired) electrons. The summed E-state index contributed by atoms with van der Waals surface area (Å²) in [7, 11) is -6.33. The Hall–Kier alpha value is -11.2. The van der Waals surface area contributed by atoms with E-state index >= 15 is 0 Å². The highest BCUT2D eigenvalue weighted by Gasteiger charge is 2.26. The summed E-state index contributed by atoms with van der Waals surface area (Å²) in [6, 6.07) is 62.3. The Morgan fingerprint density at radius 1 is 0.390 bits per heavy atom. The van der Waals surface area contributed by atoms with Gasteiger partial charge < -0.3 is 60.7 Å². The minimum absolute atomic E-state index is 0.139. The number of hydrogen-bond donors (Lipinski definition) is 7. The lowest BCUT2D eigenvalue weighted by Gasteiger charge is -2.36. The zero-order chi connectivity index (χ0) is 96.9. The molecular weight excluding hydrogens is 1900 g/mol. The van der Waals surface area contributed by atoms with E-state index in [1.165, 1.54) is 22.5 Å². The summed E-state index contributed by atoms with van der Waals surface area (Å²) < 4.78 is 90.3. The summed E-state index contributed by atoms with van der Waals surface area (Å²) >= 11 is 7.07. The van der Waals surface area contributed by atoms with E-state index in [1.54, 1.807) is 94.7 Å². The lowest BCUT2D eigenvalue weighted by Crippen LogP contribution is -2.47. The van der Waals surface area contributed by atoms with E-state index in [4.69, 9.17) is 25.4 Å². The van der Waals surface area contributed by atoms with Crippen molar-refractivity contribution in [3.05, 3.63) is 290 Å². The molecule has 0 spiro atoms. The van der Waals surface area contributed by atoms with Gasteiger partial charge in [0.1, 0.15) is 0 Å².